The maximum absolute atomic E-state index is 6.14. The molecule has 0 amide bonds. The van der Waals surface area contributed by atoms with Gasteiger partial charge in [0.1, 0.15) is 0 Å². The van der Waals surface area contributed by atoms with Crippen molar-refractivity contribution in [1.82, 2.24) is 9.19 Å². The fourth-order valence-corrected chi connectivity index (χ4v) is 3.69. The van der Waals surface area contributed by atoms with Crippen molar-refractivity contribution in [2.45, 2.75) is 33.3 Å². The molecule has 20 heavy (non-hydrogen) atoms. The summed E-state index contributed by atoms with van der Waals surface area (Å²) in [7, 11) is 0. The first-order valence-electron chi connectivity index (χ1n) is 6.76. The van der Waals surface area contributed by atoms with E-state index in [0.717, 1.165) is 22.8 Å². The minimum absolute atomic E-state index is 0.0589. The Bertz CT molecular complexity index is 635. The molecule has 5 heteroatoms. The van der Waals surface area contributed by atoms with E-state index in [1.807, 2.05) is 18.2 Å². The van der Waals surface area contributed by atoms with Gasteiger partial charge in [0.05, 0.1) is 0 Å². The molecule has 3 rings (SSSR count). The standard InChI is InChI=1S/C15H18N2O2Se/c1-9(2)8-18-10-5-6-11-12(7-10)19-15(3,4)14-13(11)16-17-20-14/h5-7,9H,8H2,1-4H3. The van der Waals surface area contributed by atoms with E-state index in [2.05, 4.69) is 36.9 Å². The molecule has 0 unspecified atom stereocenters. The third kappa shape index (κ3) is 2.36. The maximum atomic E-state index is 6.14. The van der Waals surface area contributed by atoms with Crippen molar-refractivity contribution in [3.8, 4) is 22.8 Å². The Kier molecular flexibility index (Phi) is 3.35. The topological polar surface area (TPSA) is 44.2 Å². The molecular formula is C15H18N2O2Se. The van der Waals surface area contributed by atoms with Crippen molar-refractivity contribution < 1.29 is 9.47 Å². The Morgan fingerprint density at radius 2 is 2.15 bits per heavy atom. The molecule has 1 aromatic carbocycles. The third-order valence-electron chi connectivity index (χ3n) is 3.19. The van der Waals surface area contributed by atoms with Crippen molar-refractivity contribution >= 4 is 14.7 Å². The number of rotatable bonds is 3. The number of hydrogen-bond acceptors (Lipinski definition) is 4. The van der Waals surface area contributed by atoms with Crippen LogP contribution in [0.3, 0.4) is 0 Å². The van der Waals surface area contributed by atoms with E-state index in [1.165, 1.54) is 4.44 Å². The van der Waals surface area contributed by atoms with Crippen LogP contribution in [0.5, 0.6) is 11.5 Å². The summed E-state index contributed by atoms with van der Waals surface area (Å²) in [4.78, 5) is 0. The Labute approximate surface area is 125 Å². The zero-order valence-electron chi connectivity index (χ0n) is 12.1. The molecule has 4 nitrogen and oxygen atoms in total. The summed E-state index contributed by atoms with van der Waals surface area (Å²) < 4.78 is 17.3. The summed E-state index contributed by atoms with van der Waals surface area (Å²) in [5.74, 6) is 2.19. The third-order valence-corrected chi connectivity index (χ3v) is 5.35. The predicted molar refractivity (Wildman–Crippen MR) is 78.4 cm³/mol. The van der Waals surface area contributed by atoms with Crippen LogP contribution in [0, 0.1) is 5.92 Å². The van der Waals surface area contributed by atoms with E-state index in [-0.39, 0.29) is 20.3 Å². The van der Waals surface area contributed by atoms with Crippen LogP contribution in [-0.4, -0.2) is 30.5 Å². The first-order chi connectivity index (χ1) is 9.47. The molecule has 0 aliphatic carbocycles. The second-order valence-electron chi connectivity index (χ2n) is 5.93. The summed E-state index contributed by atoms with van der Waals surface area (Å²) in [6.45, 7) is 9.13. The van der Waals surface area contributed by atoms with Gasteiger partial charge in [0.15, 0.2) is 0 Å². The molecule has 0 N–H and O–H groups in total. The molecular weight excluding hydrogens is 319 g/mol. The first kappa shape index (κ1) is 13.7. The fourth-order valence-electron chi connectivity index (χ4n) is 2.22. The molecule has 0 spiro atoms. The monoisotopic (exact) mass is 338 g/mol. The van der Waals surface area contributed by atoms with E-state index in [1.54, 1.807) is 0 Å². The summed E-state index contributed by atoms with van der Waals surface area (Å²) in [6.07, 6.45) is 0. The Hall–Kier alpha value is -1.32. The summed E-state index contributed by atoms with van der Waals surface area (Å²) >= 11 is 0.0589. The van der Waals surface area contributed by atoms with Crippen LogP contribution >= 0.6 is 0 Å². The Morgan fingerprint density at radius 1 is 1.35 bits per heavy atom. The Morgan fingerprint density at radius 3 is 2.90 bits per heavy atom. The molecule has 1 aliphatic heterocycles. The van der Waals surface area contributed by atoms with Gasteiger partial charge in [0.25, 0.3) is 0 Å². The van der Waals surface area contributed by atoms with Gasteiger partial charge in [-0.3, -0.25) is 0 Å². The van der Waals surface area contributed by atoms with Crippen LogP contribution < -0.4 is 9.47 Å². The SMILES string of the molecule is CC(C)COc1ccc2c(c1)OC(C)(C)c1[se]nnc1-2. The van der Waals surface area contributed by atoms with Crippen LogP contribution in [-0.2, 0) is 5.60 Å². The van der Waals surface area contributed by atoms with Crippen molar-refractivity contribution in [2.75, 3.05) is 6.61 Å². The second kappa shape index (κ2) is 4.90. The van der Waals surface area contributed by atoms with Gasteiger partial charge in [0, 0.05) is 0 Å². The van der Waals surface area contributed by atoms with Crippen molar-refractivity contribution in [2.24, 2.45) is 5.92 Å². The minimum atomic E-state index is -0.331. The molecule has 0 saturated carbocycles. The molecule has 106 valence electrons. The van der Waals surface area contributed by atoms with Gasteiger partial charge in [-0.15, -0.1) is 0 Å². The molecule has 1 aliphatic rings. The normalized spacial score (nSPS) is 15.4. The second-order valence-corrected chi connectivity index (χ2v) is 7.51. The number of aromatic nitrogens is 2. The van der Waals surface area contributed by atoms with Crippen LogP contribution in [0.15, 0.2) is 18.2 Å². The molecule has 0 radical (unpaired) electrons. The van der Waals surface area contributed by atoms with E-state index in [0.29, 0.717) is 12.5 Å². The molecule has 0 atom stereocenters. The molecule has 2 heterocycles. The summed E-state index contributed by atoms with van der Waals surface area (Å²) in [5.41, 5.74) is 1.69. The molecule has 2 aromatic rings. The molecule has 0 bridgehead atoms. The number of hydrogen-bond donors (Lipinski definition) is 0. The first-order valence-corrected chi connectivity index (χ1v) is 8.38. The fraction of sp³-hybridized carbons (Fsp3) is 0.467. The van der Waals surface area contributed by atoms with Crippen molar-refractivity contribution in [3.05, 3.63) is 22.6 Å². The quantitative estimate of drug-likeness (QED) is 0.808. The van der Waals surface area contributed by atoms with Gasteiger partial charge in [-0.1, -0.05) is 0 Å². The average molecular weight is 337 g/mol. The number of ether oxygens (including phenoxy) is 2. The van der Waals surface area contributed by atoms with Gasteiger partial charge in [-0.05, 0) is 0 Å². The Balaban J connectivity index is 1.98. The average Bonchev–Trinajstić information content (AvgIpc) is 2.86. The molecule has 0 fully saturated rings. The van der Waals surface area contributed by atoms with Gasteiger partial charge in [-0.25, -0.2) is 0 Å². The van der Waals surface area contributed by atoms with Crippen LogP contribution in [0.1, 0.15) is 32.1 Å². The van der Waals surface area contributed by atoms with E-state index in [4.69, 9.17) is 9.47 Å². The van der Waals surface area contributed by atoms with Crippen LogP contribution in [0.2, 0.25) is 0 Å². The van der Waals surface area contributed by atoms with Crippen molar-refractivity contribution in [3.63, 3.8) is 0 Å². The van der Waals surface area contributed by atoms with Gasteiger partial charge in [0.2, 0.25) is 0 Å². The molecule has 0 saturated heterocycles. The zero-order valence-corrected chi connectivity index (χ0v) is 13.8. The van der Waals surface area contributed by atoms with Gasteiger partial charge >= 0.3 is 125 Å². The number of fused-ring (bicyclic) bond motifs is 3. The van der Waals surface area contributed by atoms with Crippen LogP contribution in [0.25, 0.3) is 11.3 Å². The molecule has 1 aromatic heterocycles. The number of nitrogens with zero attached hydrogens (tertiary/aromatic N) is 2. The van der Waals surface area contributed by atoms with E-state index >= 15 is 0 Å². The predicted octanol–water partition coefficient (Wildman–Crippen LogP) is 2.86. The van der Waals surface area contributed by atoms with Gasteiger partial charge in [-0.2, -0.15) is 0 Å². The van der Waals surface area contributed by atoms with Crippen molar-refractivity contribution in [1.29, 1.82) is 0 Å². The summed E-state index contributed by atoms with van der Waals surface area (Å²) in [6, 6.07) is 5.97. The van der Waals surface area contributed by atoms with Gasteiger partial charge < -0.3 is 0 Å². The van der Waals surface area contributed by atoms with Crippen LogP contribution in [0.4, 0.5) is 0 Å². The van der Waals surface area contributed by atoms with E-state index in [9.17, 15) is 0 Å². The van der Waals surface area contributed by atoms with E-state index < -0.39 is 0 Å². The number of benzene rings is 1. The zero-order chi connectivity index (χ0) is 14.3. The summed E-state index contributed by atoms with van der Waals surface area (Å²) in [5, 5.41) is 4.31.